The number of esters is 2. The van der Waals surface area contributed by atoms with Crippen molar-refractivity contribution in [1.29, 1.82) is 0 Å². The van der Waals surface area contributed by atoms with Gasteiger partial charge in [-0.2, -0.15) is 0 Å². The molecule has 2 rings (SSSR count). The lowest BCUT2D eigenvalue weighted by Crippen LogP contribution is -2.06. The molecule has 4 heteroatoms. The van der Waals surface area contributed by atoms with Gasteiger partial charge >= 0.3 is 11.9 Å². The average molecular weight is 255 g/mol. The fourth-order valence-corrected chi connectivity index (χ4v) is 1.84. The van der Waals surface area contributed by atoms with Crippen LogP contribution in [0, 0.1) is 0 Å². The molecule has 0 spiro atoms. The van der Waals surface area contributed by atoms with E-state index in [0.29, 0.717) is 0 Å². The number of benzene rings is 1. The van der Waals surface area contributed by atoms with Gasteiger partial charge in [0.1, 0.15) is 0 Å². The Labute approximate surface area is 110 Å². The molecule has 19 heavy (non-hydrogen) atoms. The highest BCUT2D eigenvalue weighted by Gasteiger charge is 2.05. The minimum atomic E-state index is -0.757. The van der Waals surface area contributed by atoms with Crippen LogP contribution in [0.2, 0.25) is 0 Å². The number of ether oxygens (including phenoxy) is 1. The smallest absolute Gasteiger partial charge is 0.338 e. The number of fused-ring (bicyclic) bond motifs is 1. The molecular formula is C15H13NO3. The normalized spacial score (nSPS) is 10.8. The SMILES string of the molecule is C=CC(=O)OC(=O)/C=C/c1cn(C)c2ccccc12. The molecule has 1 heterocycles. The number of nitrogens with zero attached hydrogens (tertiary/aromatic N) is 1. The molecule has 0 unspecified atom stereocenters. The summed E-state index contributed by atoms with van der Waals surface area (Å²) in [5.74, 6) is -1.47. The third kappa shape index (κ3) is 2.80. The number of hydrogen-bond acceptors (Lipinski definition) is 3. The van der Waals surface area contributed by atoms with Crippen LogP contribution in [0.3, 0.4) is 0 Å². The van der Waals surface area contributed by atoms with E-state index in [1.54, 1.807) is 6.08 Å². The van der Waals surface area contributed by atoms with Gasteiger partial charge in [0.05, 0.1) is 0 Å². The monoisotopic (exact) mass is 255 g/mol. The highest BCUT2D eigenvalue weighted by molar-refractivity contribution is 5.99. The van der Waals surface area contributed by atoms with E-state index in [0.717, 1.165) is 22.5 Å². The Morgan fingerprint density at radius 2 is 2.00 bits per heavy atom. The Hall–Kier alpha value is -2.62. The van der Waals surface area contributed by atoms with Crippen LogP contribution in [-0.4, -0.2) is 16.5 Å². The van der Waals surface area contributed by atoms with Gasteiger partial charge in [-0.25, -0.2) is 9.59 Å². The fraction of sp³-hybridized carbons (Fsp3) is 0.0667. The van der Waals surface area contributed by atoms with Crippen LogP contribution in [0.1, 0.15) is 5.56 Å². The standard InChI is InChI=1S/C15H13NO3/c1-3-14(17)19-15(18)9-8-11-10-16(2)13-7-5-4-6-12(11)13/h3-10H,1H2,2H3/b9-8+. The first kappa shape index (κ1) is 12.8. The molecule has 0 aliphatic carbocycles. The number of aryl methyl sites for hydroxylation is 1. The Morgan fingerprint density at radius 1 is 1.26 bits per heavy atom. The highest BCUT2D eigenvalue weighted by Crippen LogP contribution is 2.21. The summed E-state index contributed by atoms with van der Waals surface area (Å²) in [6.45, 7) is 3.22. The molecule has 0 saturated carbocycles. The number of rotatable bonds is 3. The first-order chi connectivity index (χ1) is 9.11. The summed E-state index contributed by atoms with van der Waals surface area (Å²) >= 11 is 0. The number of para-hydroxylation sites is 1. The van der Waals surface area contributed by atoms with Crippen molar-refractivity contribution >= 4 is 28.9 Å². The van der Waals surface area contributed by atoms with E-state index < -0.39 is 11.9 Å². The first-order valence-corrected chi connectivity index (χ1v) is 5.72. The Bertz CT molecular complexity index is 680. The van der Waals surface area contributed by atoms with Gasteiger partial charge in [-0.1, -0.05) is 24.8 Å². The van der Waals surface area contributed by atoms with Gasteiger partial charge in [0.2, 0.25) is 0 Å². The molecule has 1 aromatic heterocycles. The zero-order valence-corrected chi connectivity index (χ0v) is 10.5. The van der Waals surface area contributed by atoms with Crippen LogP contribution >= 0.6 is 0 Å². The number of hydrogen-bond donors (Lipinski definition) is 0. The van der Waals surface area contributed by atoms with Gasteiger partial charge in [0, 0.05) is 41.9 Å². The minimum Gasteiger partial charge on any atom is -0.387 e. The lowest BCUT2D eigenvalue weighted by molar-refractivity contribution is -0.152. The van der Waals surface area contributed by atoms with Gasteiger partial charge in [-0.05, 0) is 12.1 Å². The van der Waals surface area contributed by atoms with E-state index in [1.165, 1.54) is 6.08 Å². The molecule has 0 amide bonds. The van der Waals surface area contributed by atoms with E-state index in [-0.39, 0.29) is 0 Å². The molecule has 0 aliphatic heterocycles. The van der Waals surface area contributed by atoms with E-state index in [9.17, 15) is 9.59 Å². The maximum absolute atomic E-state index is 11.3. The Morgan fingerprint density at radius 3 is 2.74 bits per heavy atom. The maximum Gasteiger partial charge on any atom is 0.338 e. The average Bonchev–Trinajstić information content (AvgIpc) is 2.74. The van der Waals surface area contributed by atoms with Crippen LogP contribution < -0.4 is 0 Å². The topological polar surface area (TPSA) is 48.3 Å². The fourth-order valence-electron chi connectivity index (χ4n) is 1.84. The largest absolute Gasteiger partial charge is 0.387 e. The van der Waals surface area contributed by atoms with Crippen molar-refractivity contribution in [3.8, 4) is 0 Å². The number of carbonyl (C=O) groups excluding carboxylic acids is 2. The predicted octanol–water partition coefficient (Wildman–Crippen LogP) is 2.45. The van der Waals surface area contributed by atoms with Crippen LogP contribution in [0.4, 0.5) is 0 Å². The minimum absolute atomic E-state index is 0.710. The van der Waals surface area contributed by atoms with Crippen LogP contribution in [-0.2, 0) is 21.4 Å². The third-order valence-corrected chi connectivity index (χ3v) is 2.69. The summed E-state index contributed by atoms with van der Waals surface area (Å²) in [6, 6.07) is 7.84. The van der Waals surface area contributed by atoms with Crippen molar-refractivity contribution in [3.63, 3.8) is 0 Å². The summed E-state index contributed by atoms with van der Waals surface area (Å²) < 4.78 is 6.42. The van der Waals surface area contributed by atoms with E-state index in [2.05, 4.69) is 11.3 Å². The van der Waals surface area contributed by atoms with Gasteiger partial charge in [-0.3, -0.25) is 0 Å². The molecule has 4 nitrogen and oxygen atoms in total. The predicted molar refractivity (Wildman–Crippen MR) is 73.2 cm³/mol. The summed E-state index contributed by atoms with van der Waals surface area (Å²) in [5.41, 5.74) is 1.96. The third-order valence-electron chi connectivity index (χ3n) is 2.69. The summed E-state index contributed by atoms with van der Waals surface area (Å²) in [5, 5.41) is 1.03. The molecule has 0 atom stereocenters. The zero-order chi connectivity index (χ0) is 13.8. The molecule has 0 radical (unpaired) electrons. The van der Waals surface area contributed by atoms with Crippen LogP contribution in [0.5, 0.6) is 0 Å². The van der Waals surface area contributed by atoms with Gasteiger partial charge < -0.3 is 9.30 Å². The molecule has 0 bridgehead atoms. The van der Waals surface area contributed by atoms with E-state index in [1.807, 2.05) is 42.1 Å². The second kappa shape index (κ2) is 5.35. The molecule has 0 N–H and O–H groups in total. The van der Waals surface area contributed by atoms with Crippen molar-refractivity contribution < 1.29 is 14.3 Å². The number of aromatic nitrogens is 1. The van der Waals surface area contributed by atoms with Crippen molar-refractivity contribution in [1.82, 2.24) is 4.57 Å². The Kier molecular flexibility index (Phi) is 3.61. The molecule has 0 aliphatic rings. The van der Waals surface area contributed by atoms with Gasteiger partial charge in [-0.15, -0.1) is 0 Å². The highest BCUT2D eigenvalue weighted by atomic mass is 16.6. The second-order valence-corrected chi connectivity index (χ2v) is 3.99. The second-order valence-electron chi connectivity index (χ2n) is 3.99. The van der Waals surface area contributed by atoms with E-state index in [4.69, 9.17) is 0 Å². The summed E-state index contributed by atoms with van der Waals surface area (Å²) in [4.78, 5) is 22.2. The molecule has 2 aromatic rings. The maximum atomic E-state index is 11.3. The molecule has 0 saturated heterocycles. The molecule has 96 valence electrons. The van der Waals surface area contributed by atoms with Crippen molar-refractivity contribution in [3.05, 3.63) is 54.8 Å². The van der Waals surface area contributed by atoms with Crippen molar-refractivity contribution in [2.45, 2.75) is 0 Å². The quantitative estimate of drug-likeness (QED) is 0.481. The zero-order valence-electron chi connectivity index (χ0n) is 10.5. The summed E-state index contributed by atoms with van der Waals surface area (Å²) in [6.07, 6.45) is 5.71. The number of carbonyl (C=O) groups is 2. The first-order valence-electron chi connectivity index (χ1n) is 5.72. The van der Waals surface area contributed by atoms with E-state index >= 15 is 0 Å². The van der Waals surface area contributed by atoms with Crippen molar-refractivity contribution in [2.24, 2.45) is 7.05 Å². The van der Waals surface area contributed by atoms with Crippen LogP contribution in [0.15, 0.2) is 49.2 Å². The molecule has 1 aromatic carbocycles. The van der Waals surface area contributed by atoms with Crippen LogP contribution in [0.25, 0.3) is 17.0 Å². The van der Waals surface area contributed by atoms with Gasteiger partial charge in [0.15, 0.2) is 0 Å². The Balaban J connectivity index is 2.24. The molecule has 0 fully saturated rings. The van der Waals surface area contributed by atoms with Gasteiger partial charge in [0.25, 0.3) is 0 Å². The summed E-state index contributed by atoms with van der Waals surface area (Å²) in [7, 11) is 1.93. The lowest BCUT2D eigenvalue weighted by atomic mass is 10.1. The van der Waals surface area contributed by atoms with Crippen molar-refractivity contribution in [2.75, 3.05) is 0 Å². The molecular weight excluding hydrogens is 242 g/mol. The lowest BCUT2D eigenvalue weighted by Gasteiger charge is -1.94.